The summed E-state index contributed by atoms with van der Waals surface area (Å²) in [6, 6.07) is 5.73. The number of nitrogens with one attached hydrogen (secondary N) is 2. The molecule has 0 radical (unpaired) electrons. The molecule has 0 spiro atoms. The van der Waals surface area contributed by atoms with Crippen molar-refractivity contribution in [2.45, 2.75) is 39.2 Å². The Kier molecular flexibility index (Phi) is 6.61. The van der Waals surface area contributed by atoms with Crippen LogP contribution in [0.5, 0.6) is 11.5 Å². The monoisotopic (exact) mass is 361 g/mol. The molecule has 1 unspecified atom stereocenters. The molecule has 2 amide bonds. The predicted molar refractivity (Wildman–Crippen MR) is 102 cm³/mol. The van der Waals surface area contributed by atoms with E-state index in [4.69, 9.17) is 9.47 Å². The first-order valence-corrected chi connectivity index (χ1v) is 9.80. The number of nitrogens with zero attached hydrogens (tertiary/aromatic N) is 1. The van der Waals surface area contributed by atoms with Crippen molar-refractivity contribution in [3.05, 3.63) is 23.8 Å². The quantitative estimate of drug-likeness (QED) is 0.733. The number of hydrogen-bond donors (Lipinski definition) is 2. The number of ether oxygens (including phenoxy) is 2. The van der Waals surface area contributed by atoms with Crippen LogP contribution in [0.2, 0.25) is 0 Å². The minimum Gasteiger partial charge on any atom is -0.486 e. The molecule has 2 heterocycles. The van der Waals surface area contributed by atoms with Crippen LogP contribution in [0.15, 0.2) is 18.2 Å². The van der Waals surface area contributed by atoms with Crippen molar-refractivity contribution in [1.29, 1.82) is 0 Å². The van der Waals surface area contributed by atoms with Gasteiger partial charge < -0.3 is 25.0 Å². The van der Waals surface area contributed by atoms with Crippen molar-refractivity contribution in [3.8, 4) is 11.5 Å². The standard InChI is InChI=1S/C20H31N3O3/c1-15(2)19(16-6-7-17-18(14-16)26-13-12-25-17)22-20(24)21-8-5-11-23-9-3-4-10-23/h6-7,14-15,19H,3-5,8-13H2,1-2H3,(H2,21,22,24). The van der Waals surface area contributed by atoms with E-state index < -0.39 is 0 Å². The summed E-state index contributed by atoms with van der Waals surface area (Å²) >= 11 is 0. The fourth-order valence-electron chi connectivity index (χ4n) is 3.59. The van der Waals surface area contributed by atoms with Gasteiger partial charge in [0.05, 0.1) is 6.04 Å². The molecule has 144 valence electrons. The Morgan fingerprint density at radius 3 is 2.62 bits per heavy atom. The zero-order valence-corrected chi connectivity index (χ0v) is 15.9. The second kappa shape index (κ2) is 9.12. The van der Waals surface area contributed by atoms with E-state index in [1.807, 2.05) is 18.2 Å². The van der Waals surface area contributed by atoms with Crippen molar-refractivity contribution in [1.82, 2.24) is 15.5 Å². The van der Waals surface area contributed by atoms with Gasteiger partial charge in [-0.15, -0.1) is 0 Å². The molecule has 26 heavy (non-hydrogen) atoms. The molecule has 1 fully saturated rings. The third-order valence-electron chi connectivity index (χ3n) is 5.01. The molecule has 1 aromatic carbocycles. The Labute approximate surface area is 156 Å². The molecule has 2 N–H and O–H groups in total. The average Bonchev–Trinajstić information content (AvgIpc) is 3.16. The number of rotatable bonds is 7. The SMILES string of the molecule is CC(C)C(NC(=O)NCCCN1CCCC1)c1ccc2c(c1)OCCO2. The first-order valence-electron chi connectivity index (χ1n) is 9.80. The van der Waals surface area contributed by atoms with E-state index in [1.54, 1.807) is 0 Å². The Bertz CT molecular complexity index is 600. The van der Waals surface area contributed by atoms with E-state index in [-0.39, 0.29) is 18.0 Å². The van der Waals surface area contributed by atoms with Gasteiger partial charge in [-0.05, 0) is 62.5 Å². The van der Waals surface area contributed by atoms with E-state index in [1.165, 1.54) is 25.9 Å². The summed E-state index contributed by atoms with van der Waals surface area (Å²) < 4.78 is 11.2. The minimum absolute atomic E-state index is 0.0654. The number of carbonyl (C=O) groups is 1. The summed E-state index contributed by atoms with van der Waals surface area (Å²) in [6.45, 7) is 9.53. The van der Waals surface area contributed by atoms with Crippen LogP contribution in [0.3, 0.4) is 0 Å². The minimum atomic E-state index is -0.111. The van der Waals surface area contributed by atoms with Gasteiger partial charge in [-0.1, -0.05) is 19.9 Å². The number of amides is 2. The van der Waals surface area contributed by atoms with Crippen LogP contribution in [0.1, 0.15) is 44.7 Å². The molecule has 6 heteroatoms. The van der Waals surface area contributed by atoms with Gasteiger partial charge in [-0.2, -0.15) is 0 Å². The fraction of sp³-hybridized carbons (Fsp3) is 0.650. The molecule has 1 atom stereocenters. The lowest BCUT2D eigenvalue weighted by Crippen LogP contribution is -2.40. The number of hydrogen-bond acceptors (Lipinski definition) is 4. The molecular formula is C20H31N3O3. The van der Waals surface area contributed by atoms with E-state index in [2.05, 4.69) is 29.4 Å². The van der Waals surface area contributed by atoms with E-state index in [0.29, 0.717) is 19.8 Å². The first kappa shape index (κ1) is 18.8. The highest BCUT2D eigenvalue weighted by Crippen LogP contribution is 2.34. The normalized spacial score (nSPS) is 18.0. The van der Waals surface area contributed by atoms with Crippen LogP contribution in [0, 0.1) is 5.92 Å². The second-order valence-electron chi connectivity index (χ2n) is 7.43. The molecule has 0 saturated carbocycles. The zero-order chi connectivity index (χ0) is 18.4. The first-order chi connectivity index (χ1) is 12.6. The highest BCUT2D eigenvalue weighted by Gasteiger charge is 2.21. The van der Waals surface area contributed by atoms with E-state index in [9.17, 15) is 4.79 Å². The van der Waals surface area contributed by atoms with Crippen LogP contribution in [-0.4, -0.2) is 50.3 Å². The van der Waals surface area contributed by atoms with Crippen LogP contribution in [-0.2, 0) is 0 Å². The summed E-state index contributed by atoms with van der Waals surface area (Å²) in [5, 5.41) is 6.10. The van der Waals surface area contributed by atoms with Gasteiger partial charge in [0.2, 0.25) is 0 Å². The van der Waals surface area contributed by atoms with Crippen molar-refractivity contribution in [3.63, 3.8) is 0 Å². The molecular weight excluding hydrogens is 330 g/mol. The molecule has 0 bridgehead atoms. The zero-order valence-electron chi connectivity index (χ0n) is 15.9. The topological polar surface area (TPSA) is 62.8 Å². The maximum atomic E-state index is 12.3. The molecule has 3 rings (SSSR count). The van der Waals surface area contributed by atoms with Gasteiger partial charge in [0.1, 0.15) is 13.2 Å². The highest BCUT2D eigenvalue weighted by atomic mass is 16.6. The van der Waals surface area contributed by atoms with Crippen molar-refractivity contribution < 1.29 is 14.3 Å². The molecule has 2 aliphatic rings. The largest absolute Gasteiger partial charge is 0.486 e. The van der Waals surface area contributed by atoms with Crippen molar-refractivity contribution in [2.75, 3.05) is 39.4 Å². The molecule has 1 saturated heterocycles. The number of urea groups is 1. The smallest absolute Gasteiger partial charge is 0.315 e. The van der Waals surface area contributed by atoms with Gasteiger partial charge in [0.25, 0.3) is 0 Å². The lowest BCUT2D eigenvalue weighted by atomic mass is 9.95. The van der Waals surface area contributed by atoms with Crippen molar-refractivity contribution in [2.24, 2.45) is 5.92 Å². The average molecular weight is 361 g/mol. The summed E-state index contributed by atoms with van der Waals surface area (Å²) in [6.07, 6.45) is 3.60. The van der Waals surface area contributed by atoms with Gasteiger partial charge in [-0.25, -0.2) is 4.79 Å². The maximum absolute atomic E-state index is 12.3. The lowest BCUT2D eigenvalue weighted by Gasteiger charge is -2.25. The molecule has 0 aliphatic carbocycles. The van der Waals surface area contributed by atoms with Crippen LogP contribution in [0.4, 0.5) is 4.79 Å². The number of likely N-dealkylation sites (tertiary alicyclic amines) is 1. The van der Waals surface area contributed by atoms with Crippen LogP contribution < -0.4 is 20.1 Å². The molecule has 6 nitrogen and oxygen atoms in total. The van der Waals surface area contributed by atoms with E-state index in [0.717, 1.165) is 30.0 Å². The number of benzene rings is 1. The molecule has 0 aromatic heterocycles. The van der Waals surface area contributed by atoms with Gasteiger partial charge >= 0.3 is 6.03 Å². The van der Waals surface area contributed by atoms with Crippen LogP contribution >= 0.6 is 0 Å². The fourth-order valence-corrected chi connectivity index (χ4v) is 3.59. The Morgan fingerprint density at radius 1 is 1.15 bits per heavy atom. The second-order valence-corrected chi connectivity index (χ2v) is 7.43. The van der Waals surface area contributed by atoms with Crippen LogP contribution in [0.25, 0.3) is 0 Å². The Hall–Kier alpha value is -1.95. The Morgan fingerprint density at radius 2 is 1.88 bits per heavy atom. The predicted octanol–water partition coefficient (Wildman–Crippen LogP) is 2.94. The van der Waals surface area contributed by atoms with Gasteiger partial charge in [0.15, 0.2) is 11.5 Å². The van der Waals surface area contributed by atoms with Gasteiger partial charge in [-0.3, -0.25) is 0 Å². The summed E-state index contributed by atoms with van der Waals surface area (Å²) in [5.41, 5.74) is 1.04. The summed E-state index contributed by atoms with van der Waals surface area (Å²) in [4.78, 5) is 14.8. The lowest BCUT2D eigenvalue weighted by molar-refractivity contribution is 0.171. The highest BCUT2D eigenvalue weighted by molar-refractivity contribution is 5.74. The van der Waals surface area contributed by atoms with E-state index >= 15 is 0 Å². The maximum Gasteiger partial charge on any atom is 0.315 e. The summed E-state index contributed by atoms with van der Waals surface area (Å²) in [5.74, 6) is 1.80. The number of carbonyl (C=O) groups excluding carboxylic acids is 1. The van der Waals surface area contributed by atoms with Crippen molar-refractivity contribution >= 4 is 6.03 Å². The Balaban J connectivity index is 1.50. The number of fused-ring (bicyclic) bond motifs is 1. The van der Waals surface area contributed by atoms with Gasteiger partial charge in [0, 0.05) is 6.54 Å². The third-order valence-corrected chi connectivity index (χ3v) is 5.01. The third kappa shape index (κ3) is 5.04. The molecule has 1 aromatic rings. The molecule has 2 aliphatic heterocycles. The summed E-state index contributed by atoms with van der Waals surface area (Å²) in [7, 11) is 0.